The minimum absolute atomic E-state index is 0.0120. The quantitative estimate of drug-likeness (QED) is 0.342. The summed E-state index contributed by atoms with van der Waals surface area (Å²) in [5.74, 6) is 1.08. The Hall–Kier alpha value is -1.43. The van der Waals surface area contributed by atoms with Crippen LogP contribution in [0.2, 0.25) is 0 Å². The van der Waals surface area contributed by atoms with Crippen molar-refractivity contribution in [1.82, 2.24) is 4.90 Å². The predicted octanol–water partition coefficient (Wildman–Crippen LogP) is 2.86. The van der Waals surface area contributed by atoms with Crippen LogP contribution in [0.4, 0.5) is 0 Å². The van der Waals surface area contributed by atoms with Crippen molar-refractivity contribution in [3.8, 4) is 0 Å². The van der Waals surface area contributed by atoms with E-state index in [1.54, 1.807) is 6.08 Å². The van der Waals surface area contributed by atoms with Crippen molar-refractivity contribution >= 4 is 5.97 Å². The van der Waals surface area contributed by atoms with Crippen LogP contribution in [0.5, 0.6) is 0 Å². The van der Waals surface area contributed by atoms with Gasteiger partial charge in [-0.05, 0) is 59.0 Å². The highest BCUT2D eigenvalue weighted by molar-refractivity contribution is 5.82. The van der Waals surface area contributed by atoms with Crippen LogP contribution in [-0.2, 0) is 14.3 Å². The van der Waals surface area contributed by atoms with Crippen LogP contribution in [0.25, 0.3) is 0 Å². The molecule has 29 heavy (non-hydrogen) atoms. The molecule has 3 aliphatic carbocycles. The Bertz CT molecular complexity index is 769. The van der Waals surface area contributed by atoms with Gasteiger partial charge in [0.05, 0.1) is 18.3 Å². The van der Waals surface area contributed by atoms with E-state index in [0.717, 1.165) is 31.4 Å². The minimum atomic E-state index is -0.562. The predicted molar refractivity (Wildman–Crippen MR) is 110 cm³/mol. The zero-order valence-corrected chi connectivity index (χ0v) is 17.7. The molecule has 5 nitrogen and oxygen atoms in total. The van der Waals surface area contributed by atoms with Gasteiger partial charge in [-0.25, -0.2) is 4.79 Å². The van der Waals surface area contributed by atoms with E-state index in [9.17, 15) is 9.90 Å². The lowest BCUT2D eigenvalue weighted by Gasteiger charge is -2.62. The van der Waals surface area contributed by atoms with Gasteiger partial charge in [0.25, 0.3) is 0 Å². The maximum atomic E-state index is 12.4. The summed E-state index contributed by atoms with van der Waals surface area (Å²) in [7, 11) is 2.24. The van der Waals surface area contributed by atoms with Crippen LogP contribution >= 0.6 is 0 Å². The number of carbonyl (C=O) groups excluding carboxylic acids is 1. The van der Waals surface area contributed by atoms with Gasteiger partial charge < -0.3 is 19.5 Å². The van der Waals surface area contributed by atoms with Crippen molar-refractivity contribution in [1.29, 1.82) is 0 Å². The average molecular weight is 400 g/mol. The minimum Gasteiger partial charge on any atom is -0.456 e. The molecule has 4 unspecified atom stereocenters. The fourth-order valence-corrected chi connectivity index (χ4v) is 7.26. The molecule has 9 atom stereocenters. The Morgan fingerprint density at radius 1 is 1.31 bits per heavy atom. The number of likely N-dealkylation sites (tertiary alicyclic amines) is 1. The molecule has 2 saturated carbocycles. The van der Waals surface area contributed by atoms with Crippen molar-refractivity contribution in [2.75, 3.05) is 13.6 Å². The molecule has 1 N–H and O–H groups in total. The number of ether oxygens (including phenoxy) is 2. The van der Waals surface area contributed by atoms with E-state index in [4.69, 9.17) is 9.47 Å². The molecule has 1 spiro atoms. The summed E-state index contributed by atoms with van der Waals surface area (Å²) in [6.07, 6.45) is 12.5. The Balaban J connectivity index is 1.43. The zero-order valence-electron chi connectivity index (χ0n) is 17.7. The molecule has 0 aromatic carbocycles. The molecule has 5 heteroatoms. The maximum absolute atomic E-state index is 12.4. The summed E-state index contributed by atoms with van der Waals surface area (Å²) >= 11 is 0. The van der Waals surface area contributed by atoms with Crippen molar-refractivity contribution < 1.29 is 19.4 Å². The first-order chi connectivity index (χ1) is 13.9. The fraction of sp³-hybridized carbons (Fsp3) is 0.708. The van der Waals surface area contributed by atoms with Crippen molar-refractivity contribution in [3.05, 3.63) is 36.0 Å². The highest BCUT2D eigenvalue weighted by Crippen LogP contribution is 2.67. The second-order valence-corrected chi connectivity index (χ2v) is 10.0. The monoisotopic (exact) mass is 399 g/mol. The second-order valence-electron chi connectivity index (χ2n) is 10.0. The molecule has 5 rings (SSSR count). The van der Waals surface area contributed by atoms with E-state index in [0.29, 0.717) is 23.8 Å². The van der Waals surface area contributed by atoms with E-state index in [1.165, 1.54) is 12.5 Å². The topological polar surface area (TPSA) is 59.0 Å². The number of nitrogens with zero attached hydrogens (tertiary/aromatic N) is 1. The summed E-state index contributed by atoms with van der Waals surface area (Å²) in [5, 5.41) is 10.8. The van der Waals surface area contributed by atoms with Gasteiger partial charge in [0.1, 0.15) is 6.10 Å². The van der Waals surface area contributed by atoms with E-state index in [-0.39, 0.29) is 29.7 Å². The number of carbonyl (C=O) groups is 1. The molecule has 0 radical (unpaired) electrons. The number of hydrogen-bond acceptors (Lipinski definition) is 5. The van der Waals surface area contributed by atoms with E-state index >= 15 is 0 Å². The van der Waals surface area contributed by atoms with Crippen LogP contribution < -0.4 is 0 Å². The lowest BCUT2D eigenvalue weighted by molar-refractivity contribution is -0.161. The molecule has 0 aromatic rings. The molecule has 2 aliphatic heterocycles. The average Bonchev–Trinajstić information content (AvgIpc) is 3.03. The summed E-state index contributed by atoms with van der Waals surface area (Å²) in [6.45, 7) is 5.05. The van der Waals surface area contributed by atoms with Crippen molar-refractivity contribution in [2.24, 2.45) is 23.2 Å². The van der Waals surface area contributed by atoms with Gasteiger partial charge in [-0.2, -0.15) is 0 Å². The normalized spacial score (nSPS) is 47.7. The number of hydrogen-bond donors (Lipinski definition) is 1. The van der Waals surface area contributed by atoms with Gasteiger partial charge in [0.2, 0.25) is 0 Å². The molecule has 5 aliphatic rings. The van der Waals surface area contributed by atoms with Gasteiger partial charge >= 0.3 is 5.97 Å². The van der Waals surface area contributed by atoms with Gasteiger partial charge in [-0.3, -0.25) is 0 Å². The maximum Gasteiger partial charge on any atom is 0.331 e. The van der Waals surface area contributed by atoms with Crippen molar-refractivity contribution in [3.63, 3.8) is 0 Å². The first-order valence-corrected chi connectivity index (χ1v) is 11.2. The molecule has 0 amide bonds. The van der Waals surface area contributed by atoms with Crippen LogP contribution in [0.3, 0.4) is 0 Å². The lowest BCUT2D eigenvalue weighted by Crippen LogP contribution is -2.66. The van der Waals surface area contributed by atoms with E-state index < -0.39 is 6.10 Å². The van der Waals surface area contributed by atoms with Gasteiger partial charge in [-0.1, -0.05) is 29.9 Å². The van der Waals surface area contributed by atoms with Gasteiger partial charge in [0.15, 0.2) is 0 Å². The number of rotatable bonds is 3. The summed E-state index contributed by atoms with van der Waals surface area (Å²) in [5.41, 5.74) is 1.13. The lowest BCUT2D eigenvalue weighted by atomic mass is 9.46. The van der Waals surface area contributed by atoms with Crippen LogP contribution in [-0.4, -0.2) is 60.0 Å². The third-order valence-corrected chi connectivity index (χ3v) is 8.30. The third-order valence-electron chi connectivity index (χ3n) is 8.30. The highest BCUT2D eigenvalue weighted by atomic mass is 16.6. The van der Waals surface area contributed by atoms with Crippen LogP contribution in [0.15, 0.2) is 36.0 Å². The Morgan fingerprint density at radius 2 is 2.14 bits per heavy atom. The first kappa shape index (κ1) is 19.5. The highest BCUT2D eigenvalue weighted by Gasteiger charge is 2.71. The molecule has 4 fully saturated rings. The molecular weight excluding hydrogens is 366 g/mol. The fourth-order valence-electron chi connectivity index (χ4n) is 7.26. The first-order valence-electron chi connectivity index (χ1n) is 11.2. The zero-order chi connectivity index (χ0) is 20.3. The van der Waals surface area contributed by atoms with Gasteiger partial charge in [0, 0.05) is 29.4 Å². The summed E-state index contributed by atoms with van der Waals surface area (Å²) < 4.78 is 12.5. The molecular formula is C24H33NO4. The Kier molecular flexibility index (Phi) is 4.76. The van der Waals surface area contributed by atoms with Crippen LogP contribution in [0.1, 0.15) is 39.5 Å². The number of piperidine rings is 1. The SMILES string of the molecule is CC(C)=C/C=C/C(=O)OC1CCC2C[C@@H]3[C@@H]4C=C[C@H](O)[C@@H]5OC1C2[C@]45CCN3C. The second kappa shape index (κ2) is 7.07. The van der Waals surface area contributed by atoms with E-state index in [1.807, 2.05) is 26.0 Å². The number of esters is 1. The summed E-state index contributed by atoms with van der Waals surface area (Å²) in [6, 6.07) is 0.532. The molecule has 158 valence electrons. The Morgan fingerprint density at radius 3 is 2.93 bits per heavy atom. The largest absolute Gasteiger partial charge is 0.456 e. The molecule has 0 aromatic heterocycles. The van der Waals surface area contributed by atoms with Crippen LogP contribution in [0, 0.1) is 23.2 Å². The van der Waals surface area contributed by atoms with E-state index in [2.05, 4.69) is 18.0 Å². The standard InChI is InChI=1S/C24H33NO4/c1-14(2)5-4-6-20(27)28-19-10-7-15-13-17-16-8-9-18(26)23-24(16,11-12-25(17)3)21(15)22(19)29-23/h4-6,8-9,15-19,21-23,26H,7,10-13H2,1-3H3/b6-4+/t15?,16-,17+,18-,19?,21?,22?,23-,24-/m0/s1. The summed E-state index contributed by atoms with van der Waals surface area (Å²) in [4.78, 5) is 14.9. The third kappa shape index (κ3) is 2.88. The number of allylic oxidation sites excluding steroid dienone is 3. The number of aliphatic hydroxyl groups is 1. The van der Waals surface area contributed by atoms with Gasteiger partial charge in [-0.15, -0.1) is 0 Å². The Labute approximate surface area is 173 Å². The molecule has 2 bridgehead atoms. The molecule has 2 saturated heterocycles. The van der Waals surface area contributed by atoms with Crippen molar-refractivity contribution in [2.45, 2.75) is 70.0 Å². The number of aliphatic hydroxyl groups excluding tert-OH is 1. The smallest absolute Gasteiger partial charge is 0.331 e. The molecule has 2 heterocycles.